The molecule has 2 heterocycles. The van der Waals surface area contributed by atoms with Crippen LogP contribution in [0.3, 0.4) is 0 Å². The molecular formula is C31H56ClN3O3. The summed E-state index contributed by atoms with van der Waals surface area (Å²) in [6.45, 7) is 11.4. The fourth-order valence-electron chi connectivity index (χ4n) is 5.23. The summed E-state index contributed by atoms with van der Waals surface area (Å²) in [6.07, 6.45) is 18.8. The molecule has 1 aliphatic rings. The van der Waals surface area contributed by atoms with Crippen LogP contribution in [0.1, 0.15) is 127 Å². The van der Waals surface area contributed by atoms with Crippen LogP contribution < -0.4 is 22.5 Å². The van der Waals surface area contributed by atoms with Crippen molar-refractivity contribution in [3.63, 3.8) is 0 Å². The topological polar surface area (TPSA) is 60.5 Å². The average Bonchev–Trinajstić information content (AvgIpc) is 2.84. The minimum atomic E-state index is -0.574. The van der Waals surface area contributed by atoms with Gasteiger partial charge in [-0.05, 0) is 19.8 Å². The molecule has 1 amide bonds. The largest absolute Gasteiger partial charge is 1.00 e. The average molecular weight is 554 g/mol. The number of carbonyl (C=O) groups excluding carboxylic acids is 1. The second kappa shape index (κ2) is 18.1. The van der Waals surface area contributed by atoms with Crippen LogP contribution in [0.2, 0.25) is 0 Å². The van der Waals surface area contributed by atoms with E-state index in [4.69, 9.17) is 9.47 Å². The van der Waals surface area contributed by atoms with Crippen LogP contribution in [0.25, 0.3) is 0 Å². The Morgan fingerprint density at radius 2 is 1.61 bits per heavy atom. The van der Waals surface area contributed by atoms with Gasteiger partial charge in [0.05, 0.1) is 39.5 Å². The van der Waals surface area contributed by atoms with Gasteiger partial charge < -0.3 is 31.7 Å². The monoisotopic (exact) mass is 553 g/mol. The Balaban J connectivity index is 0.00000722. The van der Waals surface area contributed by atoms with Crippen molar-refractivity contribution < 1.29 is 31.2 Å². The molecule has 0 fully saturated rings. The van der Waals surface area contributed by atoms with Crippen LogP contribution >= 0.6 is 0 Å². The summed E-state index contributed by atoms with van der Waals surface area (Å²) in [4.78, 5) is 17.0. The molecule has 0 radical (unpaired) electrons. The smallest absolute Gasteiger partial charge is 0.220 e. The van der Waals surface area contributed by atoms with Crippen LogP contribution in [0.5, 0.6) is 5.75 Å². The van der Waals surface area contributed by atoms with Crippen molar-refractivity contribution in [3.05, 3.63) is 23.0 Å². The molecule has 0 bridgehead atoms. The summed E-state index contributed by atoms with van der Waals surface area (Å²) >= 11 is 0. The van der Waals surface area contributed by atoms with Gasteiger partial charge in [-0.2, -0.15) is 0 Å². The van der Waals surface area contributed by atoms with Gasteiger partial charge in [0, 0.05) is 37.1 Å². The van der Waals surface area contributed by atoms with E-state index in [0.717, 1.165) is 65.8 Å². The zero-order chi connectivity index (χ0) is 27.2. The number of hydrogen-bond acceptors (Lipinski definition) is 4. The van der Waals surface area contributed by atoms with Crippen molar-refractivity contribution >= 4 is 5.91 Å². The number of halogens is 1. The maximum atomic E-state index is 12.3. The number of ether oxygens (including phenoxy) is 2. The summed E-state index contributed by atoms with van der Waals surface area (Å²) in [7, 11) is 4.40. The first-order valence-corrected chi connectivity index (χ1v) is 15.1. The van der Waals surface area contributed by atoms with E-state index < -0.39 is 5.79 Å². The number of aryl methyl sites for hydroxylation is 1. The number of hydrogen-bond donors (Lipinski definition) is 1. The summed E-state index contributed by atoms with van der Waals surface area (Å²) < 4.78 is 13.2. The number of pyridine rings is 1. The number of aromatic nitrogens is 1. The summed E-state index contributed by atoms with van der Waals surface area (Å²) in [5.41, 5.74) is 3.20. The predicted octanol–water partition coefficient (Wildman–Crippen LogP) is 4.21. The molecule has 220 valence electrons. The lowest BCUT2D eigenvalue weighted by molar-refractivity contribution is -0.902. The van der Waals surface area contributed by atoms with E-state index in [0.29, 0.717) is 19.6 Å². The number of carbonyl (C=O) groups is 1. The molecule has 0 saturated carbocycles. The van der Waals surface area contributed by atoms with Crippen molar-refractivity contribution in [2.75, 3.05) is 27.2 Å². The number of nitrogens with zero attached hydrogens (tertiary/aromatic N) is 2. The number of likely N-dealkylation sites (N-methyl/N-ethyl adjacent to an activating group) is 1. The third-order valence-corrected chi connectivity index (χ3v) is 7.59. The van der Waals surface area contributed by atoms with Gasteiger partial charge in [0.15, 0.2) is 0 Å². The van der Waals surface area contributed by atoms with E-state index in [1.165, 1.54) is 57.8 Å². The maximum absolute atomic E-state index is 12.3. The SMILES string of the molecule is CCCCCCCCCCCCCC(=O)NCC[N+](C)(C)Cc1cnc(C)c2c1COC(C)(CCC)O2.[Cl-]. The zero-order valence-electron chi connectivity index (χ0n) is 25.3. The van der Waals surface area contributed by atoms with Gasteiger partial charge in [0.2, 0.25) is 11.7 Å². The first-order valence-electron chi connectivity index (χ1n) is 15.1. The van der Waals surface area contributed by atoms with Crippen molar-refractivity contribution in [1.82, 2.24) is 10.3 Å². The Kier molecular flexibility index (Phi) is 16.5. The van der Waals surface area contributed by atoms with Crippen molar-refractivity contribution in [1.29, 1.82) is 0 Å². The number of quaternary nitrogens is 1. The molecule has 1 aromatic rings. The molecule has 38 heavy (non-hydrogen) atoms. The predicted molar refractivity (Wildman–Crippen MR) is 152 cm³/mol. The molecule has 1 atom stereocenters. The minimum absolute atomic E-state index is 0. The standard InChI is InChI=1S/C31H55N3O3.ClH/c1-7-9-10-11-12-13-14-15-16-17-18-19-29(35)32-21-22-34(5,6)24-27-23-33-26(3)30-28(27)25-36-31(4,37-30)20-8-2;/h23H,7-22,24-25H2,1-6H3;1H. The highest BCUT2D eigenvalue weighted by atomic mass is 35.5. The first kappa shape index (κ1) is 34.7. The Labute approximate surface area is 239 Å². The summed E-state index contributed by atoms with van der Waals surface area (Å²) in [5.74, 6) is 0.498. The van der Waals surface area contributed by atoms with Crippen LogP contribution in [-0.4, -0.2) is 48.3 Å². The fourth-order valence-corrected chi connectivity index (χ4v) is 5.23. The van der Waals surface area contributed by atoms with Crippen molar-refractivity contribution in [2.45, 2.75) is 137 Å². The molecule has 0 saturated heterocycles. The molecule has 0 aromatic carbocycles. The highest BCUT2D eigenvalue weighted by molar-refractivity contribution is 5.75. The Hall–Kier alpha value is -1.37. The minimum Gasteiger partial charge on any atom is -1.00 e. The zero-order valence-corrected chi connectivity index (χ0v) is 26.1. The molecule has 0 aliphatic carbocycles. The first-order chi connectivity index (χ1) is 17.7. The van der Waals surface area contributed by atoms with Gasteiger partial charge in [-0.25, -0.2) is 0 Å². The van der Waals surface area contributed by atoms with E-state index in [1.807, 2.05) is 20.0 Å². The molecule has 2 rings (SSSR count). The molecule has 6 nitrogen and oxygen atoms in total. The molecule has 1 aliphatic heterocycles. The molecule has 1 aromatic heterocycles. The van der Waals surface area contributed by atoms with Gasteiger partial charge in [0.25, 0.3) is 0 Å². The van der Waals surface area contributed by atoms with E-state index in [1.54, 1.807) is 0 Å². The van der Waals surface area contributed by atoms with Gasteiger partial charge >= 0.3 is 0 Å². The molecule has 0 spiro atoms. The van der Waals surface area contributed by atoms with Crippen molar-refractivity contribution in [3.8, 4) is 5.75 Å². The summed E-state index contributed by atoms with van der Waals surface area (Å²) in [5, 5.41) is 3.14. The maximum Gasteiger partial charge on any atom is 0.220 e. The Morgan fingerprint density at radius 3 is 2.21 bits per heavy atom. The van der Waals surface area contributed by atoms with Crippen LogP contribution in [0.4, 0.5) is 0 Å². The summed E-state index contributed by atoms with van der Waals surface area (Å²) in [6, 6.07) is 0. The normalized spacial score (nSPS) is 16.9. The van der Waals surface area contributed by atoms with Gasteiger partial charge in [-0.3, -0.25) is 9.78 Å². The van der Waals surface area contributed by atoms with Gasteiger partial charge in [-0.1, -0.05) is 78.1 Å². The number of nitrogens with one attached hydrogen (secondary N) is 1. The quantitative estimate of drug-likeness (QED) is 0.206. The Morgan fingerprint density at radius 1 is 1.00 bits per heavy atom. The molecule has 7 heteroatoms. The second-order valence-corrected chi connectivity index (χ2v) is 11.9. The van der Waals surface area contributed by atoms with E-state index >= 15 is 0 Å². The molecule has 1 N–H and O–H groups in total. The second-order valence-electron chi connectivity index (χ2n) is 11.9. The number of amides is 1. The van der Waals surface area contributed by atoms with Gasteiger partial charge in [-0.15, -0.1) is 0 Å². The van der Waals surface area contributed by atoms with Gasteiger partial charge in [0.1, 0.15) is 12.3 Å². The van der Waals surface area contributed by atoms with Crippen LogP contribution in [0.15, 0.2) is 6.20 Å². The van der Waals surface area contributed by atoms with E-state index in [9.17, 15) is 4.79 Å². The third kappa shape index (κ3) is 12.7. The third-order valence-electron chi connectivity index (χ3n) is 7.59. The number of unbranched alkanes of at least 4 members (excludes halogenated alkanes) is 10. The van der Waals surface area contributed by atoms with Crippen LogP contribution in [-0.2, 0) is 22.7 Å². The van der Waals surface area contributed by atoms with Crippen LogP contribution in [0, 0.1) is 6.92 Å². The fraction of sp³-hybridized carbons (Fsp3) is 0.806. The highest BCUT2D eigenvalue weighted by Gasteiger charge is 2.35. The van der Waals surface area contributed by atoms with E-state index in [2.05, 4.69) is 38.2 Å². The number of rotatable bonds is 19. The molecule has 1 unspecified atom stereocenters. The number of fused-ring (bicyclic) bond motifs is 1. The lowest BCUT2D eigenvalue weighted by atomic mass is 10.0. The lowest BCUT2D eigenvalue weighted by Gasteiger charge is -2.38. The lowest BCUT2D eigenvalue weighted by Crippen LogP contribution is -3.00. The van der Waals surface area contributed by atoms with Crippen molar-refractivity contribution in [2.24, 2.45) is 0 Å². The van der Waals surface area contributed by atoms with E-state index in [-0.39, 0.29) is 18.3 Å². The highest BCUT2D eigenvalue weighted by Crippen LogP contribution is 2.37. The molecular weight excluding hydrogens is 498 g/mol. The Bertz CT molecular complexity index is 818.